The molecule has 0 N–H and O–H groups in total. The van der Waals surface area contributed by atoms with E-state index in [9.17, 15) is 9.18 Å². The zero-order valence-electron chi connectivity index (χ0n) is 11.0. The van der Waals surface area contributed by atoms with E-state index in [1.807, 2.05) is 0 Å². The number of nitrogens with zero attached hydrogens (tertiary/aromatic N) is 1. The molecule has 0 radical (unpaired) electrons. The molecule has 1 amide bonds. The van der Waals surface area contributed by atoms with E-state index < -0.39 is 11.7 Å². The van der Waals surface area contributed by atoms with Gasteiger partial charge in [-0.1, -0.05) is 35.3 Å². The van der Waals surface area contributed by atoms with Gasteiger partial charge in [-0.2, -0.15) is 0 Å². The van der Waals surface area contributed by atoms with Crippen molar-refractivity contribution in [2.24, 2.45) is 0 Å². The van der Waals surface area contributed by atoms with Crippen LogP contribution in [0.4, 0.5) is 4.39 Å². The molecule has 0 atom stereocenters. The Morgan fingerprint density at radius 1 is 1.24 bits per heavy atom. The molecule has 0 aromatic heterocycles. The zero-order chi connectivity index (χ0) is 15.6. The molecule has 110 valence electrons. The Labute approximate surface area is 140 Å². The Kier molecular flexibility index (Phi) is 5.25. The standard InChI is InChI=1S/C15H11BrCl2FNO/c1-20(8-9-5-6-12(17)13(18)7-9)15(21)10-3-2-4-11(16)14(10)19/h2-7H,8H2,1H3. The Morgan fingerprint density at radius 3 is 2.62 bits per heavy atom. The number of carbonyl (C=O) groups excluding carboxylic acids is 1. The molecule has 0 bridgehead atoms. The predicted molar refractivity (Wildman–Crippen MR) is 86.4 cm³/mol. The van der Waals surface area contributed by atoms with E-state index in [4.69, 9.17) is 23.2 Å². The van der Waals surface area contributed by atoms with Crippen molar-refractivity contribution in [2.45, 2.75) is 6.54 Å². The van der Waals surface area contributed by atoms with Crippen molar-refractivity contribution in [1.29, 1.82) is 0 Å². The first-order valence-corrected chi connectivity index (χ1v) is 7.58. The molecule has 0 aliphatic rings. The Balaban J connectivity index is 2.19. The number of hydrogen-bond acceptors (Lipinski definition) is 1. The Hall–Kier alpha value is -1.10. The SMILES string of the molecule is CN(Cc1ccc(Cl)c(Cl)c1)C(=O)c1cccc(Br)c1F. The Morgan fingerprint density at radius 2 is 1.95 bits per heavy atom. The third-order valence-electron chi connectivity index (χ3n) is 2.93. The maximum Gasteiger partial charge on any atom is 0.256 e. The minimum absolute atomic E-state index is 0.0203. The lowest BCUT2D eigenvalue weighted by Gasteiger charge is -2.18. The highest BCUT2D eigenvalue weighted by molar-refractivity contribution is 9.10. The third kappa shape index (κ3) is 3.76. The van der Waals surface area contributed by atoms with E-state index >= 15 is 0 Å². The van der Waals surface area contributed by atoms with Crippen LogP contribution in [0.1, 0.15) is 15.9 Å². The summed E-state index contributed by atoms with van der Waals surface area (Å²) in [7, 11) is 1.60. The summed E-state index contributed by atoms with van der Waals surface area (Å²) in [5.74, 6) is -0.969. The highest BCUT2D eigenvalue weighted by Crippen LogP contribution is 2.24. The molecule has 0 unspecified atom stereocenters. The maximum absolute atomic E-state index is 13.9. The van der Waals surface area contributed by atoms with Crippen molar-refractivity contribution in [2.75, 3.05) is 7.05 Å². The fourth-order valence-electron chi connectivity index (χ4n) is 1.86. The van der Waals surface area contributed by atoms with Crippen LogP contribution >= 0.6 is 39.1 Å². The van der Waals surface area contributed by atoms with Gasteiger partial charge >= 0.3 is 0 Å². The summed E-state index contributed by atoms with van der Waals surface area (Å²) in [6.45, 7) is 0.307. The summed E-state index contributed by atoms with van der Waals surface area (Å²) < 4.78 is 14.2. The second kappa shape index (κ2) is 6.77. The molecule has 2 aromatic carbocycles. The minimum atomic E-state index is -0.566. The van der Waals surface area contributed by atoms with E-state index in [0.29, 0.717) is 16.6 Å². The van der Waals surface area contributed by atoms with Crippen molar-refractivity contribution >= 4 is 45.0 Å². The summed E-state index contributed by atoms with van der Waals surface area (Å²) in [5, 5.41) is 0.871. The van der Waals surface area contributed by atoms with Crippen molar-refractivity contribution in [3.8, 4) is 0 Å². The molecule has 0 saturated heterocycles. The van der Waals surface area contributed by atoms with E-state index in [1.54, 1.807) is 37.4 Å². The van der Waals surface area contributed by atoms with Crippen molar-refractivity contribution in [3.05, 3.63) is 67.9 Å². The second-order valence-corrected chi connectivity index (χ2v) is 6.18. The summed E-state index contributed by atoms with van der Waals surface area (Å²) in [6.07, 6.45) is 0. The van der Waals surface area contributed by atoms with Gasteiger partial charge in [0, 0.05) is 13.6 Å². The molecule has 21 heavy (non-hydrogen) atoms. The van der Waals surface area contributed by atoms with Crippen LogP contribution in [-0.2, 0) is 6.54 Å². The van der Waals surface area contributed by atoms with Gasteiger partial charge < -0.3 is 4.90 Å². The van der Waals surface area contributed by atoms with Gasteiger partial charge in [0.05, 0.1) is 20.1 Å². The predicted octanol–water partition coefficient (Wildman–Crippen LogP) is 5.17. The molecule has 2 nitrogen and oxygen atoms in total. The molecule has 0 aliphatic carbocycles. The van der Waals surface area contributed by atoms with E-state index in [2.05, 4.69) is 15.9 Å². The van der Waals surface area contributed by atoms with Gasteiger partial charge in [-0.05, 0) is 45.8 Å². The zero-order valence-corrected chi connectivity index (χ0v) is 14.1. The molecule has 0 aliphatic heterocycles. The minimum Gasteiger partial charge on any atom is -0.337 e. The normalized spacial score (nSPS) is 10.5. The van der Waals surface area contributed by atoms with Crippen LogP contribution in [0.3, 0.4) is 0 Å². The summed E-state index contributed by atoms with van der Waals surface area (Å²) >= 11 is 14.9. The first kappa shape index (κ1) is 16.3. The lowest BCUT2D eigenvalue weighted by Crippen LogP contribution is -2.27. The number of amides is 1. The summed E-state index contributed by atoms with van der Waals surface area (Å²) in [4.78, 5) is 13.7. The highest BCUT2D eigenvalue weighted by atomic mass is 79.9. The summed E-state index contributed by atoms with van der Waals surface area (Å²) in [5.41, 5.74) is 0.836. The second-order valence-electron chi connectivity index (χ2n) is 4.51. The van der Waals surface area contributed by atoms with Crippen molar-refractivity contribution in [3.63, 3.8) is 0 Å². The lowest BCUT2D eigenvalue weighted by atomic mass is 10.1. The number of hydrogen-bond donors (Lipinski definition) is 0. The van der Waals surface area contributed by atoms with Crippen LogP contribution < -0.4 is 0 Å². The van der Waals surface area contributed by atoms with Crippen LogP contribution in [0.2, 0.25) is 10.0 Å². The summed E-state index contributed by atoms with van der Waals surface area (Å²) in [6, 6.07) is 9.74. The topological polar surface area (TPSA) is 20.3 Å². The van der Waals surface area contributed by atoms with Gasteiger partial charge in [-0.15, -0.1) is 0 Å². The average Bonchev–Trinajstić information content (AvgIpc) is 2.45. The molecule has 2 rings (SSSR count). The van der Waals surface area contributed by atoms with Crippen LogP contribution in [0.15, 0.2) is 40.9 Å². The smallest absolute Gasteiger partial charge is 0.256 e. The molecule has 0 spiro atoms. The van der Waals surface area contributed by atoms with Crippen molar-refractivity contribution < 1.29 is 9.18 Å². The first-order valence-electron chi connectivity index (χ1n) is 6.03. The lowest BCUT2D eigenvalue weighted by molar-refractivity contribution is 0.0780. The van der Waals surface area contributed by atoms with Gasteiger partial charge in [0.1, 0.15) is 5.82 Å². The molecule has 0 saturated carbocycles. The molecule has 2 aromatic rings. The van der Waals surface area contributed by atoms with E-state index in [1.165, 1.54) is 11.0 Å². The van der Waals surface area contributed by atoms with Crippen LogP contribution in [0, 0.1) is 5.82 Å². The fourth-order valence-corrected chi connectivity index (χ4v) is 2.55. The number of rotatable bonds is 3. The third-order valence-corrected chi connectivity index (χ3v) is 4.28. The van der Waals surface area contributed by atoms with E-state index in [0.717, 1.165) is 5.56 Å². The molecule has 6 heteroatoms. The fraction of sp³-hybridized carbons (Fsp3) is 0.133. The monoisotopic (exact) mass is 389 g/mol. The van der Waals surface area contributed by atoms with Gasteiger partial charge in [-0.3, -0.25) is 4.79 Å². The Bertz CT molecular complexity index is 693. The number of carbonyl (C=O) groups is 1. The molecule has 0 fully saturated rings. The van der Waals surface area contributed by atoms with Crippen LogP contribution in [0.25, 0.3) is 0 Å². The van der Waals surface area contributed by atoms with Crippen molar-refractivity contribution in [1.82, 2.24) is 4.90 Å². The van der Waals surface area contributed by atoms with Gasteiger partial charge in [0.25, 0.3) is 5.91 Å². The molecular weight excluding hydrogens is 380 g/mol. The maximum atomic E-state index is 13.9. The van der Waals surface area contributed by atoms with Gasteiger partial charge in [-0.25, -0.2) is 4.39 Å². The van der Waals surface area contributed by atoms with Gasteiger partial charge in [0.15, 0.2) is 0 Å². The molecule has 0 heterocycles. The van der Waals surface area contributed by atoms with Gasteiger partial charge in [0.2, 0.25) is 0 Å². The van der Waals surface area contributed by atoms with Crippen LogP contribution in [0.5, 0.6) is 0 Å². The first-order chi connectivity index (χ1) is 9.90. The highest BCUT2D eigenvalue weighted by Gasteiger charge is 2.18. The quantitative estimate of drug-likeness (QED) is 0.708. The largest absolute Gasteiger partial charge is 0.337 e. The average molecular weight is 391 g/mol. The molecular formula is C15H11BrCl2FNO. The van der Waals surface area contributed by atoms with E-state index in [-0.39, 0.29) is 10.0 Å². The number of benzene rings is 2. The van der Waals surface area contributed by atoms with Crippen LogP contribution in [-0.4, -0.2) is 17.9 Å². The number of halogens is 4.